The van der Waals surface area contributed by atoms with Crippen molar-refractivity contribution in [3.8, 4) is 5.75 Å². The van der Waals surface area contributed by atoms with Gasteiger partial charge in [0.2, 0.25) is 0 Å². The average molecular weight is 548 g/mol. The van der Waals surface area contributed by atoms with Gasteiger partial charge in [0, 0.05) is 33.2 Å². The number of likely N-dealkylation sites (N-methyl/N-ethyl adjacent to an activating group) is 1. The highest BCUT2D eigenvalue weighted by Crippen LogP contribution is 2.21. The molecule has 2 aromatic rings. The first-order valence-corrected chi connectivity index (χ1v) is 14.3. The van der Waals surface area contributed by atoms with E-state index in [1.54, 1.807) is 7.11 Å². The van der Waals surface area contributed by atoms with Crippen LogP contribution in [-0.2, 0) is 17.8 Å². The van der Waals surface area contributed by atoms with E-state index in [1.165, 1.54) is 18.4 Å². The third-order valence-electron chi connectivity index (χ3n) is 6.77. The Labute approximate surface area is 242 Å². The highest BCUT2D eigenvalue weighted by Gasteiger charge is 2.27. The summed E-state index contributed by atoms with van der Waals surface area (Å²) in [6.07, 6.45) is 5.31. The molecule has 0 aliphatic carbocycles. The highest BCUT2D eigenvalue weighted by atomic mass is 16.5. The molecule has 0 saturated carbocycles. The van der Waals surface area contributed by atoms with Gasteiger partial charge in [0.15, 0.2) is 0 Å². The van der Waals surface area contributed by atoms with Crippen LogP contribution in [0.3, 0.4) is 0 Å². The van der Waals surface area contributed by atoms with Crippen LogP contribution < -0.4 is 15.4 Å². The molecule has 0 saturated heterocycles. The van der Waals surface area contributed by atoms with E-state index >= 15 is 0 Å². The van der Waals surface area contributed by atoms with Gasteiger partial charge in [-0.3, -0.25) is 9.79 Å². The molecule has 0 unspecified atom stereocenters. The van der Waals surface area contributed by atoms with E-state index in [0.717, 1.165) is 48.1 Å². The quantitative estimate of drug-likeness (QED) is 0.224. The second-order valence-electron chi connectivity index (χ2n) is 9.98. The van der Waals surface area contributed by atoms with Gasteiger partial charge in [-0.15, -0.1) is 0 Å². The fourth-order valence-electron chi connectivity index (χ4n) is 4.27. The Morgan fingerprint density at radius 1 is 1.02 bits per heavy atom. The largest absolute Gasteiger partial charge is 0.497 e. The fourth-order valence-corrected chi connectivity index (χ4v) is 4.27. The Kier molecular flexibility index (Phi) is 14.6. The number of amides is 1. The second-order valence-corrected chi connectivity index (χ2v) is 9.98. The average Bonchev–Trinajstić information content (AvgIpc) is 3.07. The van der Waals surface area contributed by atoms with Crippen LogP contribution in [0, 0.1) is 0 Å². The first-order valence-electron chi connectivity index (χ1n) is 14.3. The SMILES string of the molecule is CCN=C(C)NC1=C(/C=C(/C)CC)C(=O)N(Cc2ccc(OC)cc2)CCN1C.CNCCCc1ccccc1. The van der Waals surface area contributed by atoms with Gasteiger partial charge in [-0.2, -0.15) is 0 Å². The normalized spacial score (nSPS) is 14.5. The zero-order chi connectivity index (χ0) is 29.3. The molecule has 1 aliphatic rings. The number of nitrogens with one attached hydrogen (secondary N) is 2. The molecular weight excluding hydrogens is 498 g/mol. The molecule has 0 atom stereocenters. The van der Waals surface area contributed by atoms with Gasteiger partial charge in [-0.25, -0.2) is 0 Å². The Hall–Kier alpha value is -3.58. The molecule has 0 radical (unpaired) electrons. The molecule has 0 bridgehead atoms. The lowest BCUT2D eigenvalue weighted by Crippen LogP contribution is -2.34. The number of hydrogen-bond acceptors (Lipinski definition) is 5. The molecule has 2 N–H and O–H groups in total. The van der Waals surface area contributed by atoms with Gasteiger partial charge in [0.1, 0.15) is 11.6 Å². The van der Waals surface area contributed by atoms with E-state index in [0.29, 0.717) is 25.2 Å². The maximum absolute atomic E-state index is 13.5. The van der Waals surface area contributed by atoms with Crippen molar-refractivity contribution in [1.82, 2.24) is 20.4 Å². The zero-order valence-electron chi connectivity index (χ0n) is 25.6. The van der Waals surface area contributed by atoms with E-state index in [-0.39, 0.29) is 5.91 Å². The minimum absolute atomic E-state index is 0.0322. The maximum Gasteiger partial charge on any atom is 0.257 e. The van der Waals surface area contributed by atoms with Crippen molar-refractivity contribution >= 4 is 11.7 Å². The summed E-state index contributed by atoms with van der Waals surface area (Å²) in [7, 11) is 5.66. The lowest BCUT2D eigenvalue weighted by atomic mass is 10.1. The molecule has 7 heteroatoms. The van der Waals surface area contributed by atoms with E-state index in [2.05, 4.69) is 64.7 Å². The Morgan fingerprint density at radius 2 is 1.73 bits per heavy atom. The van der Waals surface area contributed by atoms with Gasteiger partial charge < -0.3 is 25.2 Å². The minimum atomic E-state index is 0.0322. The van der Waals surface area contributed by atoms with Gasteiger partial charge >= 0.3 is 0 Å². The van der Waals surface area contributed by atoms with Crippen LogP contribution in [0.2, 0.25) is 0 Å². The summed E-state index contributed by atoms with van der Waals surface area (Å²) < 4.78 is 5.24. The van der Waals surface area contributed by atoms with E-state index in [1.807, 2.05) is 63.2 Å². The summed E-state index contributed by atoms with van der Waals surface area (Å²) in [5, 5.41) is 6.50. The molecule has 1 amide bonds. The van der Waals surface area contributed by atoms with Crippen molar-refractivity contribution in [3.63, 3.8) is 0 Å². The predicted octanol–water partition coefficient (Wildman–Crippen LogP) is 5.40. The molecule has 3 rings (SSSR count). The van der Waals surface area contributed by atoms with Crippen LogP contribution in [0.15, 0.2) is 82.6 Å². The van der Waals surface area contributed by atoms with Crippen molar-refractivity contribution in [2.24, 2.45) is 4.99 Å². The number of benzene rings is 2. The minimum Gasteiger partial charge on any atom is -0.497 e. The molecule has 0 aromatic heterocycles. The predicted molar refractivity (Wildman–Crippen MR) is 168 cm³/mol. The number of allylic oxidation sites excluding steroid dienone is 1. The van der Waals surface area contributed by atoms with Crippen LogP contribution in [0.1, 0.15) is 51.7 Å². The fraction of sp³-hybridized carbons (Fsp3) is 0.455. The van der Waals surface area contributed by atoms with E-state index in [9.17, 15) is 4.79 Å². The van der Waals surface area contributed by atoms with Crippen molar-refractivity contribution in [2.75, 3.05) is 47.4 Å². The number of hydrogen-bond donors (Lipinski definition) is 2. The molecule has 1 heterocycles. The van der Waals surface area contributed by atoms with Crippen LogP contribution >= 0.6 is 0 Å². The number of carbonyl (C=O) groups is 1. The number of methoxy groups -OCH3 is 1. The third kappa shape index (κ3) is 10.9. The number of aliphatic imine (C=N–C) groups is 1. The van der Waals surface area contributed by atoms with Gasteiger partial charge in [-0.05, 0) is 83.0 Å². The van der Waals surface area contributed by atoms with E-state index < -0.39 is 0 Å². The molecule has 0 spiro atoms. The molecule has 1 aliphatic heterocycles. The topological polar surface area (TPSA) is 69.2 Å². The standard InChI is InChI=1S/C23H34N4O2.C10H15N/c1-7-17(3)15-21-22(25-18(4)24-8-2)26(5)13-14-27(23(21)28)16-19-9-11-20(29-6)12-10-19;1-11-9-5-8-10-6-3-2-4-7-10/h9-12,15H,7-8,13-14,16H2,1-6H3,(H,24,25);2-4,6-7,11H,5,8-9H2,1H3/b17-15-;. The number of aryl methyl sites for hydroxylation is 1. The monoisotopic (exact) mass is 547 g/mol. The van der Waals surface area contributed by atoms with E-state index in [4.69, 9.17) is 4.74 Å². The van der Waals surface area contributed by atoms with Crippen molar-refractivity contribution in [1.29, 1.82) is 0 Å². The van der Waals surface area contributed by atoms with Gasteiger partial charge in [0.05, 0.1) is 18.5 Å². The summed E-state index contributed by atoms with van der Waals surface area (Å²) in [6, 6.07) is 18.5. The molecule has 2 aromatic carbocycles. The first kappa shape index (κ1) is 32.6. The summed E-state index contributed by atoms with van der Waals surface area (Å²) >= 11 is 0. The second kappa shape index (κ2) is 17.9. The molecule has 218 valence electrons. The number of rotatable bonds is 11. The lowest BCUT2D eigenvalue weighted by Gasteiger charge is -2.23. The van der Waals surface area contributed by atoms with Crippen molar-refractivity contribution in [2.45, 2.75) is 53.5 Å². The van der Waals surface area contributed by atoms with Crippen LogP contribution in [0.4, 0.5) is 0 Å². The Bertz CT molecular complexity index is 1120. The van der Waals surface area contributed by atoms with Crippen LogP contribution in [0.25, 0.3) is 0 Å². The molecular formula is C33H49N5O2. The Morgan fingerprint density at radius 3 is 2.33 bits per heavy atom. The first-order chi connectivity index (χ1) is 19.3. The van der Waals surface area contributed by atoms with Gasteiger partial charge in [0.25, 0.3) is 5.91 Å². The van der Waals surface area contributed by atoms with Crippen molar-refractivity contribution in [3.05, 3.63) is 88.8 Å². The van der Waals surface area contributed by atoms with Crippen LogP contribution in [0.5, 0.6) is 5.75 Å². The number of ether oxygens (including phenoxy) is 1. The third-order valence-corrected chi connectivity index (χ3v) is 6.77. The number of carbonyl (C=O) groups excluding carboxylic acids is 1. The summed E-state index contributed by atoms with van der Waals surface area (Å²) in [5.74, 6) is 2.47. The maximum atomic E-state index is 13.5. The Balaban J connectivity index is 0.000000425. The van der Waals surface area contributed by atoms with Crippen molar-refractivity contribution < 1.29 is 9.53 Å². The molecule has 7 nitrogen and oxygen atoms in total. The van der Waals surface area contributed by atoms with Gasteiger partial charge in [-0.1, -0.05) is 55.0 Å². The molecule has 40 heavy (non-hydrogen) atoms. The summed E-state index contributed by atoms with van der Waals surface area (Å²) in [4.78, 5) is 22.0. The summed E-state index contributed by atoms with van der Waals surface area (Å²) in [5.41, 5.74) is 4.36. The summed E-state index contributed by atoms with van der Waals surface area (Å²) in [6.45, 7) is 11.9. The van der Waals surface area contributed by atoms with Crippen LogP contribution in [-0.4, -0.2) is 68.9 Å². The smallest absolute Gasteiger partial charge is 0.257 e. The lowest BCUT2D eigenvalue weighted by molar-refractivity contribution is -0.127. The highest BCUT2D eigenvalue weighted by molar-refractivity contribution is 5.98. The number of amidine groups is 1. The zero-order valence-corrected chi connectivity index (χ0v) is 25.6. The molecule has 0 fully saturated rings. The number of nitrogens with zero attached hydrogens (tertiary/aromatic N) is 3.